The van der Waals surface area contributed by atoms with Gasteiger partial charge in [0.2, 0.25) is 10.0 Å². The van der Waals surface area contributed by atoms with Crippen LogP contribution in [0.4, 0.5) is 0 Å². The summed E-state index contributed by atoms with van der Waals surface area (Å²) in [5, 5.41) is 5.06. The molecular formula is C11H12Cl2N2O3S. The summed E-state index contributed by atoms with van der Waals surface area (Å²) in [6.45, 7) is 0. The van der Waals surface area contributed by atoms with E-state index in [1.165, 1.54) is 4.90 Å². The highest BCUT2D eigenvalue weighted by Crippen LogP contribution is 2.32. The maximum absolute atomic E-state index is 12.2. The molecule has 0 unspecified atom stereocenters. The molecular weight excluding hydrogens is 311 g/mol. The van der Waals surface area contributed by atoms with Crippen LogP contribution in [0.2, 0.25) is 10.0 Å². The summed E-state index contributed by atoms with van der Waals surface area (Å²) in [6, 6.07) is 2.47. The quantitative estimate of drug-likeness (QED) is 0.922. The molecule has 2 N–H and O–H groups in total. The summed E-state index contributed by atoms with van der Waals surface area (Å²) < 4.78 is 22.7. The van der Waals surface area contributed by atoms with Gasteiger partial charge in [0.15, 0.2) is 0 Å². The Morgan fingerprint density at radius 3 is 2.42 bits per heavy atom. The Labute approximate surface area is 121 Å². The van der Waals surface area contributed by atoms with Crippen molar-refractivity contribution < 1.29 is 13.2 Å². The van der Waals surface area contributed by atoms with Crippen molar-refractivity contribution in [2.75, 3.05) is 7.05 Å². The van der Waals surface area contributed by atoms with Gasteiger partial charge in [-0.15, -0.1) is 0 Å². The van der Waals surface area contributed by atoms with Crippen molar-refractivity contribution in [3.05, 3.63) is 27.7 Å². The molecule has 1 aromatic rings. The number of carbonyl (C=O) groups is 1. The van der Waals surface area contributed by atoms with E-state index in [9.17, 15) is 13.2 Å². The number of hydrogen-bond acceptors (Lipinski definition) is 3. The minimum Gasteiger partial charge on any atom is -0.339 e. The van der Waals surface area contributed by atoms with Gasteiger partial charge in [-0.1, -0.05) is 23.2 Å². The number of nitrogens with two attached hydrogens (primary N) is 1. The van der Waals surface area contributed by atoms with Crippen LogP contribution in [0, 0.1) is 0 Å². The van der Waals surface area contributed by atoms with Crippen molar-refractivity contribution in [2.24, 2.45) is 5.14 Å². The minimum atomic E-state index is -3.94. The van der Waals surface area contributed by atoms with Crippen LogP contribution in [0.1, 0.15) is 23.2 Å². The zero-order valence-electron chi connectivity index (χ0n) is 10.1. The van der Waals surface area contributed by atoms with E-state index in [2.05, 4.69) is 0 Å². The molecule has 0 spiro atoms. The van der Waals surface area contributed by atoms with Crippen molar-refractivity contribution in [2.45, 2.75) is 23.8 Å². The molecule has 1 aliphatic carbocycles. The molecule has 0 aromatic heterocycles. The topological polar surface area (TPSA) is 80.5 Å². The molecule has 1 saturated carbocycles. The van der Waals surface area contributed by atoms with Crippen LogP contribution in [0.5, 0.6) is 0 Å². The molecule has 1 aliphatic rings. The highest BCUT2D eigenvalue weighted by atomic mass is 35.5. The van der Waals surface area contributed by atoms with Gasteiger partial charge in [-0.3, -0.25) is 4.79 Å². The third-order valence-corrected chi connectivity index (χ3v) is 4.67. The van der Waals surface area contributed by atoms with E-state index >= 15 is 0 Å². The van der Waals surface area contributed by atoms with Gasteiger partial charge in [0, 0.05) is 13.1 Å². The molecule has 0 atom stereocenters. The number of rotatable bonds is 3. The van der Waals surface area contributed by atoms with Gasteiger partial charge in [-0.2, -0.15) is 0 Å². The second-order valence-electron chi connectivity index (χ2n) is 4.46. The standard InChI is InChI=1S/C11H12Cl2N2O3S/c1-15(6-2-3-6)11(16)8-4-7(19(14,17)18)5-9(12)10(8)13/h4-6H,2-3H2,1H3,(H2,14,17,18). The molecule has 5 nitrogen and oxygen atoms in total. The fourth-order valence-electron chi connectivity index (χ4n) is 1.70. The zero-order valence-corrected chi connectivity index (χ0v) is 12.4. The molecule has 104 valence electrons. The van der Waals surface area contributed by atoms with E-state index in [0.717, 1.165) is 25.0 Å². The van der Waals surface area contributed by atoms with Gasteiger partial charge in [-0.25, -0.2) is 13.6 Å². The number of sulfonamides is 1. The fraction of sp³-hybridized carbons (Fsp3) is 0.364. The summed E-state index contributed by atoms with van der Waals surface area (Å²) in [4.78, 5) is 13.5. The summed E-state index contributed by atoms with van der Waals surface area (Å²) in [6.07, 6.45) is 1.87. The van der Waals surface area contributed by atoms with Gasteiger partial charge in [0.05, 0.1) is 20.5 Å². The van der Waals surface area contributed by atoms with Crippen LogP contribution >= 0.6 is 23.2 Å². The predicted octanol–water partition coefficient (Wildman–Crippen LogP) is 1.88. The fourth-order valence-corrected chi connectivity index (χ4v) is 2.74. The van der Waals surface area contributed by atoms with Crippen LogP contribution < -0.4 is 5.14 Å². The summed E-state index contributed by atoms with van der Waals surface area (Å²) in [5.74, 6) is -0.361. The second-order valence-corrected chi connectivity index (χ2v) is 6.81. The lowest BCUT2D eigenvalue weighted by atomic mass is 10.2. The molecule has 2 rings (SSSR count). The molecule has 8 heteroatoms. The van der Waals surface area contributed by atoms with Gasteiger partial charge in [0.1, 0.15) is 0 Å². The van der Waals surface area contributed by atoms with E-state index in [1.54, 1.807) is 7.05 Å². The Balaban J connectivity index is 2.49. The highest BCUT2D eigenvalue weighted by Gasteiger charge is 2.31. The molecule has 0 aliphatic heterocycles. The Morgan fingerprint density at radius 1 is 1.37 bits per heavy atom. The molecule has 0 heterocycles. The van der Waals surface area contributed by atoms with Gasteiger partial charge in [-0.05, 0) is 25.0 Å². The number of primary sulfonamides is 1. The Bertz CT molecular complexity index is 642. The van der Waals surface area contributed by atoms with Crippen LogP contribution in [-0.4, -0.2) is 32.3 Å². The minimum absolute atomic E-state index is 0.0132. The number of halogens is 2. The average molecular weight is 323 g/mol. The third-order valence-electron chi connectivity index (χ3n) is 2.98. The van der Waals surface area contributed by atoms with E-state index in [-0.39, 0.29) is 32.5 Å². The molecule has 1 fully saturated rings. The van der Waals surface area contributed by atoms with Crippen molar-refractivity contribution in [3.63, 3.8) is 0 Å². The molecule has 19 heavy (non-hydrogen) atoms. The van der Waals surface area contributed by atoms with Crippen LogP contribution in [0.3, 0.4) is 0 Å². The third kappa shape index (κ3) is 3.02. The van der Waals surface area contributed by atoms with Crippen LogP contribution in [-0.2, 0) is 10.0 Å². The zero-order chi connectivity index (χ0) is 14.4. The molecule has 1 aromatic carbocycles. The molecule has 0 radical (unpaired) electrons. The van der Waals surface area contributed by atoms with Crippen LogP contribution in [0.15, 0.2) is 17.0 Å². The first-order valence-electron chi connectivity index (χ1n) is 5.51. The van der Waals surface area contributed by atoms with E-state index in [4.69, 9.17) is 28.3 Å². The van der Waals surface area contributed by atoms with Crippen molar-refractivity contribution in [1.29, 1.82) is 0 Å². The average Bonchev–Trinajstić information content (AvgIpc) is 3.13. The van der Waals surface area contributed by atoms with Crippen molar-refractivity contribution in [1.82, 2.24) is 4.90 Å². The molecule has 1 amide bonds. The van der Waals surface area contributed by atoms with Crippen molar-refractivity contribution >= 4 is 39.1 Å². The summed E-state index contributed by atoms with van der Waals surface area (Å²) in [7, 11) is -2.30. The van der Waals surface area contributed by atoms with Gasteiger partial charge >= 0.3 is 0 Å². The van der Waals surface area contributed by atoms with Gasteiger partial charge in [0.25, 0.3) is 5.91 Å². The molecule has 0 saturated heterocycles. The van der Waals surface area contributed by atoms with E-state index in [1.807, 2.05) is 0 Å². The number of hydrogen-bond donors (Lipinski definition) is 1. The SMILES string of the molecule is CN(C(=O)c1cc(S(N)(=O)=O)cc(Cl)c1Cl)C1CC1. The lowest BCUT2D eigenvalue weighted by Gasteiger charge is -2.18. The maximum Gasteiger partial charge on any atom is 0.255 e. The summed E-state index contributed by atoms with van der Waals surface area (Å²) >= 11 is 11.8. The van der Waals surface area contributed by atoms with Crippen LogP contribution in [0.25, 0.3) is 0 Å². The van der Waals surface area contributed by atoms with Gasteiger partial charge < -0.3 is 4.90 Å². The monoisotopic (exact) mass is 322 g/mol. The largest absolute Gasteiger partial charge is 0.339 e. The van der Waals surface area contributed by atoms with Crippen molar-refractivity contribution in [3.8, 4) is 0 Å². The smallest absolute Gasteiger partial charge is 0.255 e. The lowest BCUT2D eigenvalue weighted by Crippen LogP contribution is -2.29. The first-order chi connectivity index (χ1) is 8.71. The Kier molecular flexibility index (Phi) is 3.79. The maximum atomic E-state index is 12.2. The van der Waals surface area contributed by atoms with E-state index in [0.29, 0.717) is 0 Å². The first-order valence-corrected chi connectivity index (χ1v) is 7.81. The predicted molar refractivity (Wildman–Crippen MR) is 73.0 cm³/mol. The number of amides is 1. The number of nitrogens with zero attached hydrogens (tertiary/aromatic N) is 1. The summed E-state index contributed by atoms with van der Waals surface area (Å²) in [5.41, 5.74) is 0.0487. The first kappa shape index (κ1) is 14.6. The van der Waals surface area contributed by atoms with E-state index < -0.39 is 10.0 Å². The second kappa shape index (κ2) is 4.94. The Hall–Kier alpha value is -0.820. The molecule has 0 bridgehead atoms. The Morgan fingerprint density at radius 2 is 1.95 bits per heavy atom. The number of carbonyl (C=O) groups excluding carboxylic acids is 1. The highest BCUT2D eigenvalue weighted by molar-refractivity contribution is 7.89. The normalized spacial score (nSPS) is 15.4. The lowest BCUT2D eigenvalue weighted by molar-refractivity contribution is 0.0785. The number of benzene rings is 1.